The molecule has 8 nitrogen and oxygen atoms in total. The van der Waals surface area contributed by atoms with Crippen LogP contribution in [0.5, 0.6) is 11.5 Å². The van der Waals surface area contributed by atoms with Gasteiger partial charge in [-0.2, -0.15) is 5.26 Å². The number of fused-ring (bicyclic) bond motifs is 1. The fraction of sp³-hybridized carbons (Fsp3) is 0.321. The van der Waals surface area contributed by atoms with Crippen molar-refractivity contribution in [3.63, 3.8) is 0 Å². The van der Waals surface area contributed by atoms with E-state index in [2.05, 4.69) is 39.2 Å². The summed E-state index contributed by atoms with van der Waals surface area (Å²) in [6.45, 7) is 3.79. The summed E-state index contributed by atoms with van der Waals surface area (Å²) in [6.07, 6.45) is 12.2. The predicted octanol–water partition coefficient (Wildman–Crippen LogP) is 3.66. The maximum Gasteiger partial charge on any atom is 0.239 e. The van der Waals surface area contributed by atoms with Crippen LogP contribution < -0.4 is 10.5 Å². The Balaban J connectivity index is 1.18. The summed E-state index contributed by atoms with van der Waals surface area (Å²) in [5.41, 5.74) is 9.04. The maximum atomic E-state index is 14.9. The molecule has 3 N–H and O–H groups in total. The highest BCUT2D eigenvalue weighted by atomic mass is 19.1. The number of nitrogens with one attached hydrogen (secondary N) is 1. The molecule has 0 saturated carbocycles. The second kappa shape index (κ2) is 10.9. The van der Waals surface area contributed by atoms with Crippen molar-refractivity contribution in [1.82, 2.24) is 19.8 Å². The molecule has 5 rings (SSSR count). The van der Waals surface area contributed by atoms with Crippen LogP contribution in [0.15, 0.2) is 60.5 Å². The number of carbonyl (C=O) groups excluding carboxylic acids is 1. The minimum atomic E-state index is -0.750. The number of benzene rings is 1. The molecule has 2 aromatic heterocycles. The number of nitriles is 1. The van der Waals surface area contributed by atoms with Gasteiger partial charge in [-0.1, -0.05) is 24.3 Å². The number of ether oxygens (including phenoxy) is 1. The van der Waals surface area contributed by atoms with E-state index in [9.17, 15) is 14.4 Å². The smallest absolute Gasteiger partial charge is 0.239 e. The Morgan fingerprint density at radius 2 is 2.05 bits per heavy atom. The molecule has 1 atom stereocenters. The summed E-state index contributed by atoms with van der Waals surface area (Å²) in [5.74, 6) is -0.347. The number of halogens is 1. The Morgan fingerprint density at radius 1 is 1.22 bits per heavy atom. The van der Waals surface area contributed by atoms with Crippen molar-refractivity contribution in [3.8, 4) is 17.6 Å². The van der Waals surface area contributed by atoms with Gasteiger partial charge in [0.15, 0.2) is 11.6 Å². The van der Waals surface area contributed by atoms with Crippen molar-refractivity contribution in [2.45, 2.75) is 25.3 Å². The number of hydrogen-bond donors (Lipinski definition) is 2. The third-order valence-electron chi connectivity index (χ3n) is 6.81. The van der Waals surface area contributed by atoms with Crippen LogP contribution in [-0.4, -0.2) is 64.4 Å². The number of H-pyrrole nitrogens is 1. The Morgan fingerprint density at radius 3 is 2.78 bits per heavy atom. The number of aromatic amines is 1. The normalized spacial score (nSPS) is 16.9. The predicted molar refractivity (Wildman–Crippen MR) is 138 cm³/mol. The van der Waals surface area contributed by atoms with E-state index in [0.717, 1.165) is 32.5 Å². The van der Waals surface area contributed by atoms with Gasteiger partial charge in [0.2, 0.25) is 5.91 Å². The van der Waals surface area contributed by atoms with Crippen molar-refractivity contribution < 1.29 is 13.9 Å². The number of carbonyl (C=O) groups is 1. The second-order valence-corrected chi connectivity index (χ2v) is 9.38. The summed E-state index contributed by atoms with van der Waals surface area (Å²) in [6, 6.07) is 7.47. The number of pyridine rings is 1. The minimum Gasteiger partial charge on any atom is -0.453 e. The third kappa shape index (κ3) is 5.56. The molecule has 1 aliphatic carbocycles. The molecule has 9 heteroatoms. The van der Waals surface area contributed by atoms with Gasteiger partial charge in [0, 0.05) is 45.1 Å². The molecule has 1 fully saturated rings. The Labute approximate surface area is 214 Å². The maximum absolute atomic E-state index is 14.9. The lowest BCUT2D eigenvalue weighted by atomic mass is 10.0. The molecule has 1 saturated heterocycles. The molecule has 1 amide bonds. The molecule has 0 spiro atoms. The van der Waals surface area contributed by atoms with Gasteiger partial charge in [-0.05, 0) is 48.6 Å². The summed E-state index contributed by atoms with van der Waals surface area (Å²) in [5, 5.41) is 9.83. The number of aromatic nitrogens is 2. The van der Waals surface area contributed by atoms with Gasteiger partial charge in [-0.25, -0.2) is 9.37 Å². The van der Waals surface area contributed by atoms with Gasteiger partial charge in [-0.3, -0.25) is 9.69 Å². The van der Waals surface area contributed by atoms with E-state index in [0.29, 0.717) is 41.0 Å². The molecule has 37 heavy (non-hydrogen) atoms. The van der Waals surface area contributed by atoms with Crippen molar-refractivity contribution in [1.29, 1.82) is 5.26 Å². The van der Waals surface area contributed by atoms with E-state index < -0.39 is 11.9 Å². The van der Waals surface area contributed by atoms with Crippen LogP contribution in [0.25, 0.3) is 11.0 Å². The van der Waals surface area contributed by atoms with Gasteiger partial charge in [0.1, 0.15) is 17.5 Å². The van der Waals surface area contributed by atoms with Gasteiger partial charge >= 0.3 is 0 Å². The van der Waals surface area contributed by atoms with E-state index in [1.165, 1.54) is 30.1 Å². The van der Waals surface area contributed by atoms with Crippen molar-refractivity contribution in [2.24, 2.45) is 5.73 Å². The fourth-order valence-electron chi connectivity index (χ4n) is 4.82. The van der Waals surface area contributed by atoms with Crippen molar-refractivity contribution in [3.05, 3.63) is 77.4 Å². The quantitative estimate of drug-likeness (QED) is 0.512. The van der Waals surface area contributed by atoms with E-state index in [4.69, 9.17) is 10.5 Å². The molecule has 0 bridgehead atoms. The zero-order valence-electron chi connectivity index (χ0n) is 20.5. The average molecular weight is 501 g/mol. The first-order chi connectivity index (χ1) is 18.0. The van der Waals surface area contributed by atoms with Crippen molar-refractivity contribution >= 4 is 16.9 Å². The van der Waals surface area contributed by atoms with Gasteiger partial charge in [0.05, 0.1) is 17.0 Å². The highest BCUT2D eigenvalue weighted by Crippen LogP contribution is 2.32. The molecular formula is C28H29FN6O2. The highest BCUT2D eigenvalue weighted by molar-refractivity contribution is 5.88. The molecule has 2 aliphatic rings. The number of rotatable bonds is 7. The van der Waals surface area contributed by atoms with E-state index in [1.54, 1.807) is 17.0 Å². The number of piperazine rings is 1. The van der Waals surface area contributed by atoms with Crippen molar-refractivity contribution in [2.75, 3.05) is 32.7 Å². The second-order valence-electron chi connectivity index (χ2n) is 9.38. The Bertz CT molecular complexity index is 1400. The Hall–Kier alpha value is -4.00. The van der Waals surface area contributed by atoms with Gasteiger partial charge < -0.3 is 20.4 Å². The van der Waals surface area contributed by atoms with E-state index in [1.807, 2.05) is 0 Å². The average Bonchev–Trinajstić information content (AvgIpc) is 3.35. The standard InChI is InChI=1S/C28H29FN6O2/c29-22-14-20(6-7-24(22)37-25-8-9-32-27-26(25)21(16-30)17-33-27)15-23(31)28(36)35-12-10-34(11-13-35)18-19-4-2-1-3-5-19/h2,4-9,14,17,23H,1,3,10-13,15,18,31H2,(H,32,33)/t23-/m0/s1. The molecular weight excluding hydrogens is 471 g/mol. The van der Waals surface area contributed by atoms with Crippen LogP contribution in [-0.2, 0) is 11.2 Å². The van der Waals surface area contributed by atoms with Crippen LogP contribution in [0.4, 0.5) is 4.39 Å². The van der Waals surface area contributed by atoms with E-state index in [-0.39, 0.29) is 18.1 Å². The highest BCUT2D eigenvalue weighted by Gasteiger charge is 2.26. The number of nitrogens with two attached hydrogens (primary N) is 1. The minimum absolute atomic E-state index is 0.0142. The molecule has 3 heterocycles. The Kier molecular flexibility index (Phi) is 7.30. The van der Waals surface area contributed by atoms with Crippen LogP contribution in [0.2, 0.25) is 0 Å². The summed E-state index contributed by atoms with van der Waals surface area (Å²) in [4.78, 5) is 24.2. The number of allylic oxidation sites excluding steroid dienone is 2. The SMILES string of the molecule is N#Cc1c[nH]c2nccc(Oc3ccc(C[C@H](N)C(=O)N4CCN(CC5=CCCC=C5)CC4)cc3F)c12. The number of amides is 1. The molecule has 190 valence electrons. The molecule has 0 radical (unpaired) electrons. The molecule has 1 aliphatic heterocycles. The van der Waals surface area contributed by atoms with Gasteiger partial charge in [0.25, 0.3) is 0 Å². The zero-order valence-corrected chi connectivity index (χ0v) is 20.5. The van der Waals surface area contributed by atoms with Gasteiger partial charge in [-0.15, -0.1) is 0 Å². The zero-order chi connectivity index (χ0) is 25.8. The monoisotopic (exact) mass is 500 g/mol. The number of nitrogens with zero attached hydrogens (tertiary/aromatic N) is 4. The van der Waals surface area contributed by atoms with E-state index >= 15 is 0 Å². The lowest BCUT2D eigenvalue weighted by Crippen LogP contribution is -2.53. The molecule has 3 aromatic rings. The topological polar surface area (TPSA) is 111 Å². The summed E-state index contributed by atoms with van der Waals surface area (Å²) in [7, 11) is 0. The number of hydrogen-bond acceptors (Lipinski definition) is 6. The fourth-order valence-corrected chi connectivity index (χ4v) is 4.82. The molecule has 0 unspecified atom stereocenters. The lowest BCUT2D eigenvalue weighted by molar-refractivity contribution is -0.134. The van der Waals surface area contributed by atoms with Crippen LogP contribution in [0.1, 0.15) is 24.0 Å². The largest absolute Gasteiger partial charge is 0.453 e. The summed E-state index contributed by atoms with van der Waals surface area (Å²) >= 11 is 0. The first-order valence-corrected chi connectivity index (χ1v) is 12.5. The third-order valence-corrected chi connectivity index (χ3v) is 6.81. The van der Waals surface area contributed by atoms with Crippen LogP contribution >= 0.6 is 0 Å². The molecule has 1 aromatic carbocycles. The summed E-state index contributed by atoms with van der Waals surface area (Å²) < 4.78 is 20.7. The van der Waals surface area contributed by atoms with Crippen LogP contribution in [0.3, 0.4) is 0 Å². The lowest BCUT2D eigenvalue weighted by Gasteiger charge is -2.36. The first kappa shape index (κ1) is 24.7. The van der Waals surface area contributed by atoms with Crippen LogP contribution in [0, 0.1) is 17.1 Å². The first-order valence-electron chi connectivity index (χ1n) is 12.5.